The van der Waals surface area contributed by atoms with Crippen LogP contribution in [0.2, 0.25) is 0 Å². The van der Waals surface area contributed by atoms with Crippen molar-refractivity contribution in [2.75, 3.05) is 17.7 Å². The molecule has 10 nitrogen and oxygen atoms in total. The van der Waals surface area contributed by atoms with E-state index in [9.17, 15) is 9.59 Å². The quantitative estimate of drug-likeness (QED) is 0.455. The van der Waals surface area contributed by atoms with Crippen molar-refractivity contribution in [3.8, 4) is 6.01 Å². The summed E-state index contributed by atoms with van der Waals surface area (Å²) < 4.78 is 5.09. The topological polar surface area (TPSA) is 145 Å². The van der Waals surface area contributed by atoms with E-state index in [2.05, 4.69) is 30.6 Å². The molecular formula is C22H25N7O3. The third-order valence-corrected chi connectivity index (χ3v) is 4.47. The number of methoxy groups -OCH3 is 1. The number of benzene rings is 1. The Morgan fingerprint density at radius 2 is 2.00 bits per heavy atom. The molecule has 2 aromatic heterocycles. The van der Waals surface area contributed by atoms with Gasteiger partial charge in [0.1, 0.15) is 23.1 Å². The zero-order valence-corrected chi connectivity index (χ0v) is 18.3. The molecular weight excluding hydrogens is 410 g/mol. The molecule has 2 heterocycles. The van der Waals surface area contributed by atoms with Crippen molar-refractivity contribution >= 4 is 39.9 Å². The van der Waals surface area contributed by atoms with Crippen LogP contribution < -0.4 is 21.1 Å². The van der Waals surface area contributed by atoms with Gasteiger partial charge in [-0.05, 0) is 30.5 Å². The Morgan fingerprint density at radius 3 is 2.72 bits per heavy atom. The summed E-state index contributed by atoms with van der Waals surface area (Å²) in [6, 6.07) is 5.51. The van der Waals surface area contributed by atoms with Gasteiger partial charge in [0.25, 0.3) is 5.91 Å². The number of ether oxygens (including phenoxy) is 1. The zero-order chi connectivity index (χ0) is 23.3. The van der Waals surface area contributed by atoms with Crippen LogP contribution in [0.15, 0.2) is 42.5 Å². The molecule has 0 aliphatic rings. The van der Waals surface area contributed by atoms with Crippen molar-refractivity contribution in [2.45, 2.75) is 27.2 Å². The number of allylic oxidation sites excluding steroid dienone is 1. The average molecular weight is 435 g/mol. The van der Waals surface area contributed by atoms with Crippen molar-refractivity contribution in [2.24, 2.45) is 11.7 Å². The van der Waals surface area contributed by atoms with Gasteiger partial charge < -0.3 is 21.1 Å². The van der Waals surface area contributed by atoms with E-state index >= 15 is 0 Å². The van der Waals surface area contributed by atoms with Crippen LogP contribution in [0.3, 0.4) is 0 Å². The summed E-state index contributed by atoms with van der Waals surface area (Å²) in [7, 11) is 1.48. The van der Waals surface area contributed by atoms with Crippen LogP contribution in [0.4, 0.5) is 17.2 Å². The third kappa shape index (κ3) is 5.54. The van der Waals surface area contributed by atoms with Crippen molar-refractivity contribution < 1.29 is 14.3 Å². The molecule has 0 fully saturated rings. The van der Waals surface area contributed by atoms with Gasteiger partial charge in [0.05, 0.1) is 13.3 Å². The molecule has 3 aromatic rings. The first-order valence-corrected chi connectivity index (χ1v) is 9.97. The maximum absolute atomic E-state index is 12.4. The molecule has 3 rings (SSSR count). The molecule has 4 N–H and O–H groups in total. The first-order chi connectivity index (χ1) is 15.3. The van der Waals surface area contributed by atoms with Gasteiger partial charge in [0, 0.05) is 23.9 Å². The Hall–Kier alpha value is -4.08. The normalized spacial score (nSPS) is 11.5. The van der Waals surface area contributed by atoms with Crippen LogP contribution >= 0.6 is 0 Å². The highest BCUT2D eigenvalue weighted by molar-refractivity contribution is 6.07. The van der Waals surface area contributed by atoms with Crippen LogP contribution in [0.25, 0.3) is 11.0 Å². The summed E-state index contributed by atoms with van der Waals surface area (Å²) in [4.78, 5) is 41.1. The number of amides is 1. The molecule has 0 aliphatic heterocycles. The second-order valence-corrected chi connectivity index (χ2v) is 7.59. The fourth-order valence-electron chi connectivity index (χ4n) is 2.89. The van der Waals surface area contributed by atoms with Gasteiger partial charge in [0.2, 0.25) is 0 Å². The Kier molecular flexibility index (Phi) is 6.93. The van der Waals surface area contributed by atoms with E-state index in [1.54, 1.807) is 18.3 Å². The van der Waals surface area contributed by atoms with Gasteiger partial charge in [-0.15, -0.1) is 0 Å². The van der Waals surface area contributed by atoms with Crippen LogP contribution in [0, 0.1) is 12.8 Å². The molecule has 0 saturated carbocycles. The van der Waals surface area contributed by atoms with Crippen LogP contribution in [0.5, 0.6) is 6.01 Å². The van der Waals surface area contributed by atoms with Gasteiger partial charge in [-0.3, -0.25) is 9.59 Å². The van der Waals surface area contributed by atoms with E-state index in [1.165, 1.54) is 19.5 Å². The molecule has 10 heteroatoms. The van der Waals surface area contributed by atoms with E-state index in [1.807, 2.05) is 26.8 Å². The number of nitrogens with one attached hydrogen (secondary N) is 2. The van der Waals surface area contributed by atoms with Gasteiger partial charge in [0.15, 0.2) is 11.6 Å². The number of nitrogens with two attached hydrogens (primary N) is 1. The summed E-state index contributed by atoms with van der Waals surface area (Å²) in [5, 5.41) is 5.92. The zero-order valence-electron chi connectivity index (χ0n) is 18.3. The van der Waals surface area contributed by atoms with Crippen LogP contribution in [-0.4, -0.2) is 38.7 Å². The number of aromatic nitrogens is 4. The maximum Gasteiger partial charge on any atom is 0.316 e. The second kappa shape index (κ2) is 9.82. The minimum atomic E-state index is -0.554. The lowest BCUT2D eigenvalue weighted by Crippen LogP contribution is -2.21. The maximum atomic E-state index is 12.4. The third-order valence-electron chi connectivity index (χ3n) is 4.47. The predicted molar refractivity (Wildman–Crippen MR) is 122 cm³/mol. The number of hydrogen-bond acceptors (Lipinski definition) is 9. The number of carbonyl (C=O) groups excluding carboxylic acids is 2. The number of carbonyl (C=O) groups is 2. The van der Waals surface area contributed by atoms with Crippen molar-refractivity contribution in [3.63, 3.8) is 0 Å². The molecule has 0 unspecified atom stereocenters. The lowest BCUT2D eigenvalue weighted by Gasteiger charge is -2.13. The second-order valence-electron chi connectivity index (χ2n) is 7.59. The Morgan fingerprint density at radius 1 is 1.22 bits per heavy atom. The molecule has 0 spiro atoms. The Bertz CT molecular complexity index is 1190. The van der Waals surface area contributed by atoms with E-state index in [-0.39, 0.29) is 23.4 Å². The number of aryl methyl sites for hydroxylation is 1. The molecule has 0 bridgehead atoms. The van der Waals surface area contributed by atoms with E-state index < -0.39 is 5.91 Å². The largest absolute Gasteiger partial charge is 0.467 e. The minimum absolute atomic E-state index is 0.142. The van der Waals surface area contributed by atoms with E-state index in [4.69, 9.17) is 10.5 Å². The van der Waals surface area contributed by atoms with Gasteiger partial charge in [-0.1, -0.05) is 19.9 Å². The van der Waals surface area contributed by atoms with Crippen molar-refractivity contribution in [1.29, 1.82) is 0 Å². The smallest absolute Gasteiger partial charge is 0.316 e. The van der Waals surface area contributed by atoms with Crippen molar-refractivity contribution in [1.82, 2.24) is 19.9 Å². The number of ketones is 1. The lowest BCUT2D eigenvalue weighted by molar-refractivity contribution is -0.116. The Balaban J connectivity index is 1.82. The van der Waals surface area contributed by atoms with Gasteiger partial charge >= 0.3 is 6.01 Å². The number of nitrogens with zero attached hydrogens (tertiary/aromatic N) is 4. The molecule has 32 heavy (non-hydrogen) atoms. The number of hydrogen-bond donors (Lipinski definition) is 3. The molecule has 0 saturated heterocycles. The first-order valence-electron chi connectivity index (χ1n) is 9.97. The summed E-state index contributed by atoms with van der Waals surface area (Å²) in [5.41, 5.74) is 8.79. The highest BCUT2D eigenvalue weighted by Gasteiger charge is 2.13. The summed E-state index contributed by atoms with van der Waals surface area (Å²) in [5.74, 6) is -0.0988. The van der Waals surface area contributed by atoms with Gasteiger partial charge in [-0.2, -0.15) is 4.98 Å². The highest BCUT2D eigenvalue weighted by atomic mass is 16.5. The summed E-state index contributed by atoms with van der Waals surface area (Å²) >= 11 is 0. The fraction of sp³-hybridized carbons (Fsp3) is 0.273. The summed E-state index contributed by atoms with van der Waals surface area (Å²) in [6.07, 6.45) is 4.45. The minimum Gasteiger partial charge on any atom is -0.467 e. The molecule has 0 radical (unpaired) electrons. The SMILES string of the molecule is COc1ncc2ncnc(Nc3cc(NC(=O)C(N)=CC(=O)CC(C)C)ccc3C)c2n1. The lowest BCUT2D eigenvalue weighted by atomic mass is 10.1. The highest BCUT2D eigenvalue weighted by Crippen LogP contribution is 2.27. The van der Waals surface area contributed by atoms with Crippen LogP contribution in [-0.2, 0) is 9.59 Å². The molecule has 0 atom stereocenters. The average Bonchev–Trinajstić information content (AvgIpc) is 2.75. The first kappa shape index (κ1) is 22.6. The fourth-order valence-corrected chi connectivity index (χ4v) is 2.89. The Labute approximate surface area is 185 Å². The molecule has 1 amide bonds. The molecule has 166 valence electrons. The van der Waals surface area contributed by atoms with E-state index in [0.717, 1.165) is 5.56 Å². The van der Waals surface area contributed by atoms with Crippen molar-refractivity contribution in [3.05, 3.63) is 48.1 Å². The number of anilines is 3. The van der Waals surface area contributed by atoms with E-state index in [0.29, 0.717) is 34.6 Å². The monoisotopic (exact) mass is 435 g/mol. The molecule has 1 aromatic carbocycles. The number of fused-ring (bicyclic) bond motifs is 1. The van der Waals surface area contributed by atoms with Gasteiger partial charge in [-0.25, -0.2) is 15.0 Å². The molecule has 0 aliphatic carbocycles. The number of rotatable bonds is 8. The standard InChI is InChI=1S/C22H25N7O3/c1-12(2)7-15(30)9-16(23)21(31)27-14-6-5-13(3)17(8-14)28-20-19-18(25-11-26-20)10-24-22(29-19)32-4/h5-6,8-12H,7,23H2,1-4H3,(H,27,31)(H,25,26,28). The van der Waals surface area contributed by atoms with Crippen LogP contribution in [0.1, 0.15) is 25.8 Å². The predicted octanol–water partition coefficient (Wildman–Crippen LogP) is 2.88. The summed E-state index contributed by atoms with van der Waals surface area (Å²) in [6.45, 7) is 5.75.